The van der Waals surface area contributed by atoms with Crippen molar-refractivity contribution in [2.45, 2.75) is 32.2 Å². The van der Waals surface area contributed by atoms with E-state index >= 15 is 0 Å². The minimum absolute atomic E-state index is 0.397. The van der Waals surface area contributed by atoms with Crippen LogP contribution in [0.4, 0.5) is 0 Å². The molecule has 3 rings (SSSR count). The van der Waals surface area contributed by atoms with Crippen molar-refractivity contribution in [3.05, 3.63) is 54.6 Å². The van der Waals surface area contributed by atoms with Crippen molar-refractivity contribution >= 4 is 0 Å². The van der Waals surface area contributed by atoms with E-state index < -0.39 is 0 Å². The van der Waals surface area contributed by atoms with Crippen LogP contribution in [0.15, 0.2) is 49.1 Å². The first-order chi connectivity index (χ1) is 9.90. The number of likely N-dealkylation sites (tertiary alicyclic amines) is 1. The zero-order chi connectivity index (χ0) is 13.6. The second-order valence-electron chi connectivity index (χ2n) is 5.33. The van der Waals surface area contributed by atoms with Crippen LogP contribution in [0, 0.1) is 0 Å². The monoisotopic (exact) mass is 271 g/mol. The standard InChI is InChI=1S/C16H21N3O/c1-2-4-15(5-3-1)12-20-16-6-9-18(10-7-16)14-19-11-8-17-13-19/h1-5,8,11,13,16H,6-7,9-10,12,14H2. The zero-order valence-electron chi connectivity index (χ0n) is 11.7. The molecule has 0 unspecified atom stereocenters. The predicted octanol–water partition coefficient (Wildman–Crippen LogP) is 2.52. The molecule has 1 aromatic heterocycles. The Balaban J connectivity index is 1.40. The lowest BCUT2D eigenvalue weighted by Crippen LogP contribution is -2.37. The Morgan fingerprint density at radius 1 is 1.15 bits per heavy atom. The van der Waals surface area contributed by atoms with Crippen molar-refractivity contribution in [1.29, 1.82) is 0 Å². The highest BCUT2D eigenvalue weighted by molar-refractivity contribution is 5.13. The van der Waals surface area contributed by atoms with Gasteiger partial charge in [-0.1, -0.05) is 30.3 Å². The largest absolute Gasteiger partial charge is 0.373 e. The predicted molar refractivity (Wildman–Crippen MR) is 78.1 cm³/mol. The zero-order valence-corrected chi connectivity index (χ0v) is 11.7. The third-order valence-corrected chi connectivity index (χ3v) is 3.79. The molecular weight excluding hydrogens is 250 g/mol. The number of piperidine rings is 1. The third kappa shape index (κ3) is 3.68. The Morgan fingerprint density at radius 2 is 1.95 bits per heavy atom. The summed E-state index contributed by atoms with van der Waals surface area (Å²) in [7, 11) is 0. The van der Waals surface area contributed by atoms with Crippen LogP contribution in [0.2, 0.25) is 0 Å². The first kappa shape index (κ1) is 13.3. The van der Waals surface area contributed by atoms with E-state index in [4.69, 9.17) is 4.74 Å². The van der Waals surface area contributed by atoms with Gasteiger partial charge in [0.2, 0.25) is 0 Å². The van der Waals surface area contributed by atoms with Gasteiger partial charge in [0.05, 0.1) is 25.7 Å². The van der Waals surface area contributed by atoms with Crippen LogP contribution in [-0.2, 0) is 18.0 Å². The number of ether oxygens (including phenoxy) is 1. The third-order valence-electron chi connectivity index (χ3n) is 3.79. The summed E-state index contributed by atoms with van der Waals surface area (Å²) in [5.74, 6) is 0. The second kappa shape index (κ2) is 6.68. The summed E-state index contributed by atoms with van der Waals surface area (Å²) >= 11 is 0. The number of nitrogens with zero attached hydrogens (tertiary/aromatic N) is 3. The van der Waals surface area contributed by atoms with Crippen molar-refractivity contribution < 1.29 is 4.74 Å². The average Bonchev–Trinajstić information content (AvgIpc) is 3.01. The lowest BCUT2D eigenvalue weighted by Gasteiger charge is -2.31. The number of hydrogen-bond acceptors (Lipinski definition) is 3. The first-order valence-corrected chi connectivity index (χ1v) is 7.24. The number of hydrogen-bond donors (Lipinski definition) is 0. The number of aromatic nitrogens is 2. The molecule has 0 N–H and O–H groups in total. The van der Waals surface area contributed by atoms with E-state index in [-0.39, 0.29) is 0 Å². The average molecular weight is 271 g/mol. The van der Waals surface area contributed by atoms with Gasteiger partial charge in [-0.05, 0) is 18.4 Å². The van der Waals surface area contributed by atoms with E-state index in [1.165, 1.54) is 5.56 Å². The normalized spacial score (nSPS) is 17.4. The molecule has 2 heterocycles. The fourth-order valence-electron chi connectivity index (χ4n) is 2.61. The Hall–Kier alpha value is -1.65. The molecule has 2 aromatic rings. The summed E-state index contributed by atoms with van der Waals surface area (Å²) in [6.07, 6.45) is 8.34. The fraction of sp³-hybridized carbons (Fsp3) is 0.438. The SMILES string of the molecule is c1ccc(COC2CCN(Cn3ccnc3)CC2)cc1. The van der Waals surface area contributed by atoms with E-state index in [1.54, 1.807) is 0 Å². The van der Waals surface area contributed by atoms with Gasteiger partial charge in [0.15, 0.2) is 0 Å². The first-order valence-electron chi connectivity index (χ1n) is 7.24. The summed E-state index contributed by atoms with van der Waals surface area (Å²) in [6, 6.07) is 10.4. The Morgan fingerprint density at radius 3 is 2.65 bits per heavy atom. The highest BCUT2D eigenvalue weighted by Crippen LogP contribution is 2.16. The maximum atomic E-state index is 6.01. The van der Waals surface area contributed by atoms with E-state index in [2.05, 4.69) is 38.7 Å². The van der Waals surface area contributed by atoms with E-state index in [0.717, 1.165) is 39.2 Å². The van der Waals surface area contributed by atoms with Gasteiger partial charge in [0, 0.05) is 25.5 Å². The van der Waals surface area contributed by atoms with Crippen molar-refractivity contribution in [2.75, 3.05) is 13.1 Å². The number of imidazole rings is 1. The fourth-order valence-corrected chi connectivity index (χ4v) is 2.61. The second-order valence-corrected chi connectivity index (χ2v) is 5.33. The summed E-state index contributed by atoms with van der Waals surface area (Å²) in [5.41, 5.74) is 1.26. The van der Waals surface area contributed by atoms with Gasteiger partial charge in [0.1, 0.15) is 0 Å². The van der Waals surface area contributed by atoms with Crippen LogP contribution in [-0.4, -0.2) is 33.6 Å². The summed E-state index contributed by atoms with van der Waals surface area (Å²) < 4.78 is 8.12. The molecule has 0 atom stereocenters. The number of benzene rings is 1. The Labute approximate surface area is 120 Å². The lowest BCUT2D eigenvalue weighted by molar-refractivity contribution is -0.00819. The van der Waals surface area contributed by atoms with Gasteiger partial charge in [-0.15, -0.1) is 0 Å². The van der Waals surface area contributed by atoms with Crippen LogP contribution in [0.3, 0.4) is 0 Å². The highest BCUT2D eigenvalue weighted by atomic mass is 16.5. The van der Waals surface area contributed by atoms with Crippen LogP contribution in [0.25, 0.3) is 0 Å². The summed E-state index contributed by atoms with van der Waals surface area (Å²) in [4.78, 5) is 6.53. The molecule has 0 amide bonds. The molecule has 0 radical (unpaired) electrons. The van der Waals surface area contributed by atoms with Crippen LogP contribution in [0.1, 0.15) is 18.4 Å². The quantitative estimate of drug-likeness (QED) is 0.837. The van der Waals surface area contributed by atoms with E-state index in [1.807, 2.05) is 24.8 Å². The molecule has 20 heavy (non-hydrogen) atoms. The van der Waals surface area contributed by atoms with Crippen molar-refractivity contribution in [2.24, 2.45) is 0 Å². The molecule has 1 aliphatic rings. The molecule has 1 fully saturated rings. The molecule has 1 aromatic carbocycles. The molecule has 4 heteroatoms. The molecule has 0 spiro atoms. The van der Waals surface area contributed by atoms with Crippen molar-refractivity contribution in [3.8, 4) is 0 Å². The van der Waals surface area contributed by atoms with Gasteiger partial charge < -0.3 is 9.30 Å². The molecule has 0 bridgehead atoms. The molecule has 1 saturated heterocycles. The van der Waals surface area contributed by atoms with Gasteiger partial charge in [0.25, 0.3) is 0 Å². The van der Waals surface area contributed by atoms with Gasteiger partial charge in [-0.25, -0.2) is 4.98 Å². The van der Waals surface area contributed by atoms with Crippen LogP contribution in [0.5, 0.6) is 0 Å². The van der Waals surface area contributed by atoms with Gasteiger partial charge in [-0.2, -0.15) is 0 Å². The Bertz CT molecular complexity index is 490. The van der Waals surface area contributed by atoms with Gasteiger partial charge >= 0.3 is 0 Å². The van der Waals surface area contributed by atoms with Gasteiger partial charge in [-0.3, -0.25) is 4.90 Å². The maximum absolute atomic E-state index is 6.01. The van der Waals surface area contributed by atoms with Crippen LogP contribution >= 0.6 is 0 Å². The maximum Gasteiger partial charge on any atom is 0.0956 e. The topological polar surface area (TPSA) is 30.3 Å². The van der Waals surface area contributed by atoms with Crippen molar-refractivity contribution in [1.82, 2.24) is 14.5 Å². The lowest BCUT2D eigenvalue weighted by atomic mass is 10.1. The minimum atomic E-state index is 0.397. The van der Waals surface area contributed by atoms with E-state index in [0.29, 0.717) is 6.10 Å². The molecular formula is C16H21N3O. The van der Waals surface area contributed by atoms with Crippen LogP contribution < -0.4 is 0 Å². The number of rotatable bonds is 5. The summed E-state index contributed by atoms with van der Waals surface area (Å²) in [6.45, 7) is 3.85. The van der Waals surface area contributed by atoms with E-state index in [9.17, 15) is 0 Å². The molecule has 0 aliphatic carbocycles. The molecule has 4 nitrogen and oxygen atoms in total. The summed E-state index contributed by atoms with van der Waals surface area (Å²) in [5, 5.41) is 0. The molecule has 1 aliphatic heterocycles. The highest BCUT2D eigenvalue weighted by Gasteiger charge is 2.19. The Kier molecular flexibility index (Phi) is 4.46. The molecule has 0 saturated carbocycles. The molecule has 106 valence electrons. The smallest absolute Gasteiger partial charge is 0.0956 e. The minimum Gasteiger partial charge on any atom is -0.373 e. The van der Waals surface area contributed by atoms with Crippen molar-refractivity contribution in [3.63, 3.8) is 0 Å².